The molecular weight excluding hydrogens is 158 g/mol. The van der Waals surface area contributed by atoms with Gasteiger partial charge in [-0.05, 0) is 18.2 Å². The quantitative estimate of drug-likeness (QED) is 0.656. The molecule has 5 heteroatoms. The van der Waals surface area contributed by atoms with Crippen LogP contribution in [0.25, 0.3) is 11.1 Å². The summed E-state index contributed by atoms with van der Waals surface area (Å²) in [5.74, 6) is -0.486. The molecule has 2 rings (SSSR count). The van der Waals surface area contributed by atoms with Crippen LogP contribution in [0.15, 0.2) is 22.7 Å². The lowest BCUT2D eigenvalue weighted by Crippen LogP contribution is -2.10. The summed E-state index contributed by atoms with van der Waals surface area (Å²) < 4.78 is 4.74. The van der Waals surface area contributed by atoms with Gasteiger partial charge in [0, 0.05) is 10.8 Å². The molecule has 0 bridgehead atoms. The molecule has 60 valence electrons. The third kappa shape index (κ3) is 0.914. The van der Waals surface area contributed by atoms with Crippen LogP contribution in [0.5, 0.6) is 0 Å². The monoisotopic (exact) mass is 163 g/mol. The molecule has 5 nitrogen and oxygen atoms in total. The summed E-state index contributed by atoms with van der Waals surface area (Å²) in [5, 5.41) is 6.96. The molecule has 0 saturated heterocycles. The number of carbonyl (C=O) groups is 1. The molecule has 2 N–H and O–H groups in total. The van der Waals surface area contributed by atoms with Crippen molar-refractivity contribution in [2.75, 3.05) is 0 Å². The van der Waals surface area contributed by atoms with E-state index in [1.165, 1.54) is 6.07 Å². The van der Waals surface area contributed by atoms with Crippen LogP contribution in [0.3, 0.4) is 0 Å². The van der Waals surface area contributed by atoms with E-state index in [2.05, 4.69) is 10.4 Å². The maximum absolute atomic E-state index is 10.7. The first-order valence-corrected chi connectivity index (χ1v) is 3.29. The number of carbonyl (C=O) groups excluding carboxylic acids is 1. The second-order valence-corrected chi connectivity index (χ2v) is 2.32. The van der Waals surface area contributed by atoms with E-state index >= 15 is 0 Å². The van der Waals surface area contributed by atoms with Crippen molar-refractivity contribution >= 4 is 17.0 Å². The second-order valence-electron chi connectivity index (χ2n) is 2.32. The maximum atomic E-state index is 10.7. The zero-order chi connectivity index (χ0) is 8.55. The van der Waals surface area contributed by atoms with Crippen LogP contribution in [-0.2, 0) is 0 Å². The van der Waals surface area contributed by atoms with Crippen LogP contribution in [0, 0.1) is 0 Å². The Labute approximate surface area is 67.1 Å². The number of amides is 1. The summed E-state index contributed by atoms with van der Waals surface area (Å²) >= 11 is 0. The molecule has 0 aliphatic rings. The normalized spacial score (nSPS) is 10.3. The highest BCUT2D eigenvalue weighted by molar-refractivity contribution is 5.95. The molecule has 0 aliphatic heterocycles. The van der Waals surface area contributed by atoms with Crippen LogP contribution in [0.4, 0.5) is 0 Å². The Hall–Kier alpha value is -1.91. The fraction of sp³-hybridized carbons (Fsp3) is 0. The molecule has 0 aliphatic carbocycles. The Morgan fingerprint density at radius 1 is 1.50 bits per heavy atom. The van der Waals surface area contributed by atoms with E-state index in [0.717, 1.165) is 0 Å². The molecule has 12 heavy (non-hydrogen) atoms. The highest BCUT2D eigenvalue weighted by atomic mass is 16.5. The van der Waals surface area contributed by atoms with Gasteiger partial charge >= 0.3 is 0 Å². The van der Waals surface area contributed by atoms with Crippen molar-refractivity contribution in [1.29, 1.82) is 0 Å². The predicted molar refractivity (Wildman–Crippen MR) is 40.3 cm³/mol. The number of aromatic nitrogens is 2. The third-order valence-electron chi connectivity index (χ3n) is 1.53. The van der Waals surface area contributed by atoms with Gasteiger partial charge in [-0.2, -0.15) is 0 Å². The van der Waals surface area contributed by atoms with Crippen LogP contribution in [0.1, 0.15) is 10.4 Å². The predicted octanol–water partition coefficient (Wildman–Crippen LogP) is 0.322. The molecule has 0 unspecified atom stereocenters. The fourth-order valence-corrected chi connectivity index (χ4v) is 0.934. The molecule has 0 spiro atoms. The molecule has 1 aromatic carbocycles. The molecule has 0 saturated carbocycles. The summed E-state index contributed by atoms with van der Waals surface area (Å²) in [6.45, 7) is 0. The molecule has 0 fully saturated rings. The van der Waals surface area contributed by atoms with Crippen LogP contribution in [-0.4, -0.2) is 16.3 Å². The van der Waals surface area contributed by atoms with E-state index in [1.807, 2.05) is 0 Å². The van der Waals surface area contributed by atoms with E-state index in [4.69, 9.17) is 10.3 Å². The number of hydrogen-bond acceptors (Lipinski definition) is 4. The lowest BCUT2D eigenvalue weighted by molar-refractivity contribution is 0.100. The van der Waals surface area contributed by atoms with E-state index in [-0.39, 0.29) is 0 Å². The summed E-state index contributed by atoms with van der Waals surface area (Å²) in [6, 6.07) is 4.71. The van der Waals surface area contributed by atoms with Gasteiger partial charge in [-0.1, -0.05) is 0 Å². The molecule has 1 aromatic heterocycles. The summed E-state index contributed by atoms with van der Waals surface area (Å²) in [5.41, 5.74) is 6.53. The topological polar surface area (TPSA) is 82.0 Å². The number of fused-ring (bicyclic) bond motifs is 1. The minimum atomic E-state index is -0.486. The van der Waals surface area contributed by atoms with E-state index in [0.29, 0.717) is 16.7 Å². The first-order valence-electron chi connectivity index (χ1n) is 3.29. The lowest BCUT2D eigenvalue weighted by Gasteiger charge is -1.91. The SMILES string of the molecule is NC(=O)c1ccc2onnc2c1. The number of rotatable bonds is 1. The summed E-state index contributed by atoms with van der Waals surface area (Å²) in [7, 11) is 0. The minimum absolute atomic E-state index is 0.401. The number of nitrogens with zero attached hydrogens (tertiary/aromatic N) is 2. The van der Waals surface area contributed by atoms with Gasteiger partial charge in [-0.25, -0.2) is 0 Å². The smallest absolute Gasteiger partial charge is 0.248 e. The van der Waals surface area contributed by atoms with Gasteiger partial charge in [0.2, 0.25) is 5.91 Å². The highest BCUT2D eigenvalue weighted by Crippen LogP contribution is 2.11. The minimum Gasteiger partial charge on any atom is -0.366 e. The van der Waals surface area contributed by atoms with Gasteiger partial charge in [-0.3, -0.25) is 4.79 Å². The van der Waals surface area contributed by atoms with Crippen molar-refractivity contribution in [3.63, 3.8) is 0 Å². The molecule has 1 amide bonds. The zero-order valence-electron chi connectivity index (χ0n) is 6.02. The molecule has 2 aromatic rings. The number of hydrogen-bond donors (Lipinski definition) is 1. The van der Waals surface area contributed by atoms with Gasteiger partial charge in [-0.15, -0.1) is 5.10 Å². The van der Waals surface area contributed by atoms with Crippen LogP contribution < -0.4 is 5.73 Å². The Balaban J connectivity index is 2.68. The van der Waals surface area contributed by atoms with Crippen molar-refractivity contribution in [3.05, 3.63) is 23.8 Å². The van der Waals surface area contributed by atoms with E-state index in [1.54, 1.807) is 12.1 Å². The average molecular weight is 163 g/mol. The lowest BCUT2D eigenvalue weighted by atomic mass is 10.2. The average Bonchev–Trinajstić information content (AvgIpc) is 2.49. The molecule has 0 radical (unpaired) electrons. The number of primary amides is 1. The van der Waals surface area contributed by atoms with Gasteiger partial charge in [0.25, 0.3) is 0 Å². The molecule has 1 heterocycles. The summed E-state index contributed by atoms with van der Waals surface area (Å²) in [6.07, 6.45) is 0. The van der Waals surface area contributed by atoms with Gasteiger partial charge in [0.15, 0.2) is 5.58 Å². The third-order valence-corrected chi connectivity index (χ3v) is 1.53. The van der Waals surface area contributed by atoms with Crippen molar-refractivity contribution in [3.8, 4) is 0 Å². The van der Waals surface area contributed by atoms with Crippen molar-refractivity contribution in [2.24, 2.45) is 5.73 Å². The zero-order valence-corrected chi connectivity index (χ0v) is 6.02. The van der Waals surface area contributed by atoms with E-state index < -0.39 is 5.91 Å². The Morgan fingerprint density at radius 2 is 2.33 bits per heavy atom. The molecule has 0 atom stereocenters. The van der Waals surface area contributed by atoms with Crippen LogP contribution in [0.2, 0.25) is 0 Å². The van der Waals surface area contributed by atoms with E-state index in [9.17, 15) is 4.79 Å². The van der Waals surface area contributed by atoms with Crippen LogP contribution >= 0.6 is 0 Å². The standard InChI is InChI=1S/C7H5N3O2/c8-7(11)4-1-2-6-5(3-4)9-10-12-6/h1-3H,(H2,8,11). The van der Waals surface area contributed by atoms with Gasteiger partial charge in [0.05, 0.1) is 0 Å². The van der Waals surface area contributed by atoms with Crippen molar-refractivity contribution in [1.82, 2.24) is 10.4 Å². The largest absolute Gasteiger partial charge is 0.366 e. The van der Waals surface area contributed by atoms with Gasteiger partial charge < -0.3 is 10.3 Å². The fourth-order valence-electron chi connectivity index (χ4n) is 0.934. The number of nitrogens with two attached hydrogens (primary N) is 1. The Bertz CT molecular complexity index is 435. The van der Waals surface area contributed by atoms with Gasteiger partial charge in [0.1, 0.15) is 5.52 Å². The summed E-state index contributed by atoms with van der Waals surface area (Å²) in [4.78, 5) is 10.7. The first-order chi connectivity index (χ1) is 5.77. The number of benzene rings is 1. The Kier molecular flexibility index (Phi) is 1.30. The van der Waals surface area contributed by atoms with Crippen molar-refractivity contribution in [2.45, 2.75) is 0 Å². The second kappa shape index (κ2) is 2.30. The first kappa shape index (κ1) is 6.78. The Morgan fingerprint density at radius 3 is 3.08 bits per heavy atom. The maximum Gasteiger partial charge on any atom is 0.248 e. The molecular formula is C7H5N3O2. The highest BCUT2D eigenvalue weighted by Gasteiger charge is 2.04. The van der Waals surface area contributed by atoms with Crippen molar-refractivity contribution < 1.29 is 9.32 Å².